The Morgan fingerprint density at radius 1 is 1.14 bits per heavy atom. The summed E-state index contributed by atoms with van der Waals surface area (Å²) in [6.07, 6.45) is 0. The first-order valence-electron chi connectivity index (χ1n) is 6.09. The summed E-state index contributed by atoms with van der Waals surface area (Å²) in [5, 5.41) is 3.16. The van der Waals surface area contributed by atoms with Gasteiger partial charge in [0, 0.05) is 16.6 Å². The van der Waals surface area contributed by atoms with Gasteiger partial charge in [0.15, 0.2) is 0 Å². The third-order valence-corrected chi connectivity index (χ3v) is 3.69. The smallest absolute Gasteiger partial charge is 0.253 e. The van der Waals surface area contributed by atoms with Crippen molar-refractivity contribution in [3.05, 3.63) is 68.7 Å². The molecular formula is C15H12BrClN2O2. The molecule has 2 amide bonds. The summed E-state index contributed by atoms with van der Waals surface area (Å²) in [6, 6.07) is 11.8. The van der Waals surface area contributed by atoms with Gasteiger partial charge >= 0.3 is 0 Å². The van der Waals surface area contributed by atoms with Crippen molar-refractivity contribution in [2.24, 2.45) is 5.73 Å². The molecule has 0 saturated carbocycles. The molecule has 21 heavy (non-hydrogen) atoms. The molecule has 0 saturated heterocycles. The molecular weight excluding hydrogens is 356 g/mol. The quantitative estimate of drug-likeness (QED) is 0.871. The molecule has 108 valence electrons. The van der Waals surface area contributed by atoms with E-state index in [1.54, 1.807) is 42.5 Å². The van der Waals surface area contributed by atoms with Crippen molar-refractivity contribution < 1.29 is 9.59 Å². The van der Waals surface area contributed by atoms with Crippen LogP contribution in [0, 0.1) is 0 Å². The number of hydrogen-bond acceptors (Lipinski definition) is 2. The molecule has 0 aliphatic rings. The average Bonchev–Trinajstić information content (AvgIpc) is 2.47. The molecule has 0 aromatic heterocycles. The third kappa shape index (κ3) is 4.06. The fourth-order valence-electron chi connectivity index (χ4n) is 1.74. The van der Waals surface area contributed by atoms with Gasteiger partial charge in [-0.1, -0.05) is 39.7 Å². The highest BCUT2D eigenvalue weighted by molar-refractivity contribution is 9.10. The Morgan fingerprint density at radius 3 is 2.43 bits per heavy atom. The Balaban J connectivity index is 2.04. The van der Waals surface area contributed by atoms with Crippen LogP contribution in [0.5, 0.6) is 0 Å². The predicted octanol–water partition coefficient (Wildman–Crippen LogP) is 3.13. The monoisotopic (exact) mass is 366 g/mol. The summed E-state index contributed by atoms with van der Waals surface area (Å²) in [5.74, 6) is -0.744. The normalized spacial score (nSPS) is 10.2. The lowest BCUT2D eigenvalue weighted by Crippen LogP contribution is -2.23. The molecule has 3 N–H and O–H groups in total. The van der Waals surface area contributed by atoms with E-state index in [1.165, 1.54) is 0 Å². The minimum atomic E-state index is -0.480. The van der Waals surface area contributed by atoms with Gasteiger partial charge in [-0.25, -0.2) is 0 Å². The Bertz CT molecular complexity index is 687. The molecule has 0 unspecified atom stereocenters. The van der Waals surface area contributed by atoms with Gasteiger partial charge in [0.1, 0.15) is 0 Å². The van der Waals surface area contributed by atoms with Crippen molar-refractivity contribution in [3.63, 3.8) is 0 Å². The number of halogens is 2. The summed E-state index contributed by atoms with van der Waals surface area (Å²) in [4.78, 5) is 23.0. The maximum Gasteiger partial charge on any atom is 0.253 e. The molecule has 0 spiro atoms. The number of benzene rings is 2. The molecule has 0 fully saturated rings. The second kappa shape index (κ2) is 6.74. The number of amides is 2. The van der Waals surface area contributed by atoms with Crippen molar-refractivity contribution in [1.82, 2.24) is 5.32 Å². The SMILES string of the molecule is NC(=O)c1ccc(CNC(=O)c2cc(Br)ccc2Cl)cc1. The number of rotatable bonds is 4. The Kier molecular flexibility index (Phi) is 4.98. The first-order valence-corrected chi connectivity index (χ1v) is 7.26. The molecule has 6 heteroatoms. The van der Waals surface area contributed by atoms with Crippen LogP contribution in [0.1, 0.15) is 26.3 Å². The molecule has 0 radical (unpaired) electrons. The minimum absolute atomic E-state index is 0.264. The molecule has 0 aliphatic heterocycles. The summed E-state index contributed by atoms with van der Waals surface area (Å²) in [7, 11) is 0. The highest BCUT2D eigenvalue weighted by Crippen LogP contribution is 2.21. The maximum atomic E-state index is 12.1. The average molecular weight is 368 g/mol. The van der Waals surface area contributed by atoms with Crippen LogP contribution in [-0.2, 0) is 6.54 Å². The molecule has 2 aromatic rings. The van der Waals surface area contributed by atoms with Crippen LogP contribution in [0.25, 0.3) is 0 Å². The fraction of sp³-hybridized carbons (Fsp3) is 0.0667. The largest absolute Gasteiger partial charge is 0.366 e. The summed E-state index contributed by atoms with van der Waals surface area (Å²) in [5.41, 5.74) is 6.86. The van der Waals surface area contributed by atoms with Gasteiger partial charge in [0.2, 0.25) is 5.91 Å². The van der Waals surface area contributed by atoms with E-state index < -0.39 is 5.91 Å². The van der Waals surface area contributed by atoms with Crippen LogP contribution < -0.4 is 11.1 Å². The lowest BCUT2D eigenvalue weighted by Gasteiger charge is -2.08. The van der Waals surface area contributed by atoms with E-state index >= 15 is 0 Å². The second-order valence-corrected chi connectivity index (χ2v) is 5.69. The van der Waals surface area contributed by atoms with Gasteiger partial charge < -0.3 is 11.1 Å². The highest BCUT2D eigenvalue weighted by atomic mass is 79.9. The molecule has 0 bridgehead atoms. The molecule has 0 aliphatic carbocycles. The first-order chi connectivity index (χ1) is 9.97. The lowest BCUT2D eigenvalue weighted by molar-refractivity contribution is 0.0949. The van der Waals surface area contributed by atoms with Crippen LogP contribution in [0.3, 0.4) is 0 Å². The highest BCUT2D eigenvalue weighted by Gasteiger charge is 2.10. The number of hydrogen-bond donors (Lipinski definition) is 2. The van der Waals surface area contributed by atoms with E-state index in [0.717, 1.165) is 10.0 Å². The van der Waals surface area contributed by atoms with E-state index in [0.29, 0.717) is 22.7 Å². The standard InChI is InChI=1S/C15H12BrClN2O2/c16-11-5-6-13(17)12(7-11)15(21)19-8-9-1-3-10(4-2-9)14(18)20/h1-7H,8H2,(H2,18,20)(H,19,21). The van der Waals surface area contributed by atoms with Crippen LogP contribution >= 0.6 is 27.5 Å². The Labute approximate surface area is 135 Å². The van der Waals surface area contributed by atoms with Gasteiger partial charge in [-0.3, -0.25) is 9.59 Å². The first kappa shape index (κ1) is 15.5. The molecule has 0 heterocycles. The number of carbonyl (C=O) groups is 2. The van der Waals surface area contributed by atoms with Gasteiger partial charge in [-0.2, -0.15) is 0 Å². The van der Waals surface area contributed by atoms with Crippen molar-refractivity contribution in [2.75, 3.05) is 0 Å². The van der Waals surface area contributed by atoms with Crippen LogP contribution in [-0.4, -0.2) is 11.8 Å². The van der Waals surface area contributed by atoms with E-state index in [9.17, 15) is 9.59 Å². The van der Waals surface area contributed by atoms with Crippen molar-refractivity contribution in [3.8, 4) is 0 Å². The molecule has 4 nitrogen and oxygen atoms in total. The van der Waals surface area contributed by atoms with Crippen LogP contribution in [0.15, 0.2) is 46.9 Å². The number of nitrogens with one attached hydrogen (secondary N) is 1. The van der Waals surface area contributed by atoms with E-state index in [-0.39, 0.29) is 5.91 Å². The van der Waals surface area contributed by atoms with Crippen molar-refractivity contribution in [2.45, 2.75) is 6.54 Å². The molecule has 0 atom stereocenters. The van der Waals surface area contributed by atoms with Crippen LogP contribution in [0.2, 0.25) is 5.02 Å². The van der Waals surface area contributed by atoms with E-state index in [1.807, 2.05) is 0 Å². The zero-order chi connectivity index (χ0) is 15.4. The number of primary amides is 1. The Hall–Kier alpha value is -1.85. The summed E-state index contributed by atoms with van der Waals surface area (Å²) >= 11 is 9.30. The van der Waals surface area contributed by atoms with Gasteiger partial charge in [-0.05, 0) is 35.9 Å². The van der Waals surface area contributed by atoms with E-state index in [4.69, 9.17) is 17.3 Å². The second-order valence-electron chi connectivity index (χ2n) is 4.37. The third-order valence-electron chi connectivity index (χ3n) is 2.86. The Morgan fingerprint density at radius 2 is 1.81 bits per heavy atom. The topological polar surface area (TPSA) is 72.2 Å². The number of carbonyl (C=O) groups excluding carboxylic acids is 2. The van der Waals surface area contributed by atoms with Crippen LogP contribution in [0.4, 0.5) is 0 Å². The van der Waals surface area contributed by atoms with Crippen molar-refractivity contribution in [1.29, 1.82) is 0 Å². The van der Waals surface area contributed by atoms with Gasteiger partial charge in [0.25, 0.3) is 5.91 Å². The summed E-state index contributed by atoms with van der Waals surface area (Å²) in [6.45, 7) is 0.334. The van der Waals surface area contributed by atoms with Crippen molar-refractivity contribution >= 4 is 39.3 Å². The number of nitrogens with two attached hydrogens (primary N) is 1. The van der Waals surface area contributed by atoms with E-state index in [2.05, 4.69) is 21.2 Å². The maximum absolute atomic E-state index is 12.1. The molecule has 2 rings (SSSR count). The summed E-state index contributed by atoms with van der Waals surface area (Å²) < 4.78 is 0.780. The fourth-order valence-corrected chi connectivity index (χ4v) is 2.30. The van der Waals surface area contributed by atoms with Gasteiger partial charge in [-0.15, -0.1) is 0 Å². The lowest BCUT2D eigenvalue weighted by atomic mass is 10.1. The minimum Gasteiger partial charge on any atom is -0.366 e. The zero-order valence-electron chi connectivity index (χ0n) is 10.9. The predicted molar refractivity (Wildman–Crippen MR) is 85.3 cm³/mol. The zero-order valence-corrected chi connectivity index (χ0v) is 13.2. The van der Waals surface area contributed by atoms with Gasteiger partial charge in [0.05, 0.1) is 10.6 Å². The molecule has 2 aromatic carbocycles.